The normalized spacial score (nSPS) is 20.4. The summed E-state index contributed by atoms with van der Waals surface area (Å²) in [7, 11) is 0. The second-order valence-electron chi connectivity index (χ2n) is 6.41. The van der Waals surface area contributed by atoms with Crippen molar-refractivity contribution in [3.63, 3.8) is 0 Å². The summed E-state index contributed by atoms with van der Waals surface area (Å²) in [5.74, 6) is 3.00. The molecule has 3 nitrogen and oxygen atoms in total. The minimum absolute atomic E-state index is 0. The summed E-state index contributed by atoms with van der Waals surface area (Å²) in [5.41, 5.74) is 7.98. The van der Waals surface area contributed by atoms with Crippen molar-refractivity contribution in [1.82, 2.24) is 5.32 Å². The van der Waals surface area contributed by atoms with Gasteiger partial charge in [-0.05, 0) is 36.5 Å². The lowest BCUT2D eigenvalue weighted by molar-refractivity contribution is 0.0915. The number of hydrogen-bond acceptors (Lipinski definition) is 4. The van der Waals surface area contributed by atoms with E-state index in [9.17, 15) is 4.79 Å². The fourth-order valence-corrected chi connectivity index (χ4v) is 6.36. The smallest absolute Gasteiger partial charge is 0.251 e. The Balaban J connectivity index is 0.00000208. The molecule has 1 aliphatic heterocycles. The van der Waals surface area contributed by atoms with Crippen LogP contribution in [0.2, 0.25) is 0 Å². The third-order valence-electron chi connectivity index (χ3n) is 4.86. The van der Waals surface area contributed by atoms with Crippen LogP contribution in [0.4, 0.5) is 0 Å². The molecule has 1 aromatic carbocycles. The molecule has 1 aromatic rings. The molecule has 0 aromatic heterocycles. The molecule has 1 saturated carbocycles. The number of nitrogens with two attached hydrogens (primary N) is 1. The van der Waals surface area contributed by atoms with Crippen molar-refractivity contribution >= 4 is 41.8 Å². The van der Waals surface area contributed by atoms with E-state index < -0.39 is 0 Å². The average Bonchev–Trinajstić information content (AvgIpc) is 3.15. The lowest BCUT2D eigenvalue weighted by Gasteiger charge is -2.30. The maximum Gasteiger partial charge on any atom is 0.251 e. The van der Waals surface area contributed by atoms with Crippen molar-refractivity contribution in [2.45, 2.75) is 42.7 Å². The summed E-state index contributed by atoms with van der Waals surface area (Å²) in [6.45, 7) is 0.532. The highest BCUT2D eigenvalue weighted by atomic mass is 35.5. The second kappa shape index (κ2) is 9.95. The van der Waals surface area contributed by atoms with E-state index in [4.69, 9.17) is 5.73 Å². The van der Waals surface area contributed by atoms with Crippen LogP contribution in [0.15, 0.2) is 24.3 Å². The Morgan fingerprint density at radius 3 is 2.33 bits per heavy atom. The summed E-state index contributed by atoms with van der Waals surface area (Å²) < 4.78 is 0.533. The first-order valence-electron chi connectivity index (χ1n) is 8.62. The summed E-state index contributed by atoms with van der Waals surface area (Å²) in [5, 5.41) is 3.17. The fraction of sp³-hybridized carbons (Fsp3) is 0.611. The van der Waals surface area contributed by atoms with Crippen molar-refractivity contribution < 1.29 is 4.79 Å². The molecule has 3 rings (SSSR count). The van der Waals surface area contributed by atoms with Gasteiger partial charge in [0.25, 0.3) is 5.91 Å². The SMILES string of the molecule is Cl.NCC(NC(=O)c1ccc(C2SCCS2)cc1)C1CCCCC1. The number of benzene rings is 1. The highest BCUT2D eigenvalue weighted by Gasteiger charge is 2.24. The van der Waals surface area contributed by atoms with Gasteiger partial charge in [-0.1, -0.05) is 31.4 Å². The third-order valence-corrected chi connectivity index (χ3v) is 7.96. The van der Waals surface area contributed by atoms with Crippen LogP contribution >= 0.6 is 35.9 Å². The van der Waals surface area contributed by atoms with Gasteiger partial charge in [0.15, 0.2) is 0 Å². The van der Waals surface area contributed by atoms with Gasteiger partial charge in [0.1, 0.15) is 0 Å². The zero-order chi connectivity index (χ0) is 16.1. The third kappa shape index (κ3) is 5.07. The van der Waals surface area contributed by atoms with Gasteiger partial charge in [-0.25, -0.2) is 0 Å². The standard InChI is InChI=1S/C18H26N2OS2.ClH/c19-12-16(13-4-2-1-3-5-13)20-17(21)14-6-8-15(9-7-14)18-22-10-11-23-18;/h6-9,13,16,18H,1-5,10-12,19H2,(H,20,21);1H. The van der Waals surface area contributed by atoms with Crippen molar-refractivity contribution in [1.29, 1.82) is 0 Å². The van der Waals surface area contributed by atoms with Gasteiger partial charge >= 0.3 is 0 Å². The molecule has 1 aliphatic carbocycles. The van der Waals surface area contributed by atoms with Crippen LogP contribution in [-0.4, -0.2) is 30.0 Å². The van der Waals surface area contributed by atoms with E-state index in [1.54, 1.807) is 0 Å². The molecule has 0 bridgehead atoms. The van der Waals surface area contributed by atoms with Crippen LogP contribution < -0.4 is 11.1 Å². The molecule has 24 heavy (non-hydrogen) atoms. The number of carbonyl (C=O) groups excluding carboxylic acids is 1. The van der Waals surface area contributed by atoms with E-state index in [0.29, 0.717) is 17.0 Å². The maximum atomic E-state index is 12.5. The summed E-state index contributed by atoms with van der Waals surface area (Å²) in [4.78, 5) is 12.5. The zero-order valence-electron chi connectivity index (χ0n) is 13.9. The Morgan fingerprint density at radius 1 is 1.12 bits per heavy atom. The Kier molecular flexibility index (Phi) is 8.28. The number of hydrogen-bond donors (Lipinski definition) is 2. The number of amides is 1. The molecule has 6 heteroatoms. The van der Waals surface area contributed by atoms with Gasteiger partial charge in [-0.3, -0.25) is 4.79 Å². The number of rotatable bonds is 5. The van der Waals surface area contributed by atoms with E-state index >= 15 is 0 Å². The molecule has 1 heterocycles. The topological polar surface area (TPSA) is 55.1 Å². The number of carbonyl (C=O) groups is 1. The van der Waals surface area contributed by atoms with Crippen LogP contribution in [0.1, 0.15) is 52.6 Å². The highest BCUT2D eigenvalue weighted by molar-refractivity contribution is 8.19. The number of halogens is 1. The van der Waals surface area contributed by atoms with Crippen LogP contribution in [-0.2, 0) is 0 Å². The van der Waals surface area contributed by atoms with Crippen LogP contribution in [0, 0.1) is 5.92 Å². The average molecular weight is 387 g/mol. The van der Waals surface area contributed by atoms with Crippen LogP contribution in [0.3, 0.4) is 0 Å². The van der Waals surface area contributed by atoms with Gasteiger partial charge < -0.3 is 11.1 Å². The Labute approximate surface area is 159 Å². The molecular weight excluding hydrogens is 360 g/mol. The highest BCUT2D eigenvalue weighted by Crippen LogP contribution is 2.45. The summed E-state index contributed by atoms with van der Waals surface area (Å²) >= 11 is 3.98. The van der Waals surface area contributed by atoms with E-state index in [2.05, 4.69) is 17.4 Å². The molecule has 1 atom stereocenters. The monoisotopic (exact) mass is 386 g/mol. The van der Waals surface area contributed by atoms with E-state index in [0.717, 1.165) is 5.56 Å². The largest absolute Gasteiger partial charge is 0.348 e. The summed E-state index contributed by atoms with van der Waals surface area (Å²) in [6, 6.07) is 8.23. The molecular formula is C18H27ClN2OS2. The maximum absolute atomic E-state index is 12.5. The van der Waals surface area contributed by atoms with Gasteiger partial charge in [-0.15, -0.1) is 35.9 Å². The van der Waals surface area contributed by atoms with E-state index in [1.807, 2.05) is 35.7 Å². The molecule has 1 unspecified atom stereocenters. The minimum Gasteiger partial charge on any atom is -0.348 e. The first kappa shape index (κ1) is 20.0. The van der Waals surface area contributed by atoms with Crippen LogP contribution in [0.5, 0.6) is 0 Å². The molecule has 1 saturated heterocycles. The molecule has 134 valence electrons. The van der Waals surface area contributed by atoms with Crippen molar-refractivity contribution in [3.05, 3.63) is 35.4 Å². The Hall–Kier alpha value is -0.360. The van der Waals surface area contributed by atoms with Gasteiger partial charge in [0, 0.05) is 29.7 Å². The Bertz CT molecular complexity index is 514. The number of thioether (sulfide) groups is 2. The minimum atomic E-state index is 0. The quantitative estimate of drug-likeness (QED) is 0.795. The molecule has 2 fully saturated rings. The molecule has 0 radical (unpaired) electrons. The first-order chi connectivity index (χ1) is 11.3. The van der Waals surface area contributed by atoms with Crippen LogP contribution in [0.25, 0.3) is 0 Å². The predicted octanol–water partition coefficient (Wildman–Crippen LogP) is 4.22. The van der Waals surface area contributed by atoms with Gasteiger partial charge in [0.05, 0.1) is 4.58 Å². The molecule has 2 aliphatic rings. The Morgan fingerprint density at radius 2 is 1.75 bits per heavy atom. The van der Waals surface area contributed by atoms with Crippen molar-refractivity contribution in [3.8, 4) is 0 Å². The fourth-order valence-electron chi connectivity index (χ4n) is 3.50. The zero-order valence-corrected chi connectivity index (χ0v) is 16.4. The lowest BCUT2D eigenvalue weighted by Crippen LogP contribution is -2.45. The molecule has 0 spiro atoms. The molecule has 3 N–H and O–H groups in total. The summed E-state index contributed by atoms with van der Waals surface area (Å²) in [6.07, 6.45) is 6.24. The van der Waals surface area contributed by atoms with Gasteiger partial charge in [-0.2, -0.15) is 0 Å². The lowest BCUT2D eigenvalue weighted by atomic mass is 9.84. The van der Waals surface area contributed by atoms with E-state index in [1.165, 1.54) is 49.2 Å². The van der Waals surface area contributed by atoms with Gasteiger partial charge in [0.2, 0.25) is 0 Å². The number of nitrogens with one attached hydrogen (secondary N) is 1. The first-order valence-corrected chi connectivity index (χ1v) is 10.7. The van der Waals surface area contributed by atoms with Crippen molar-refractivity contribution in [2.24, 2.45) is 11.7 Å². The second-order valence-corrected chi connectivity index (χ2v) is 9.13. The molecule has 1 amide bonds. The predicted molar refractivity (Wildman–Crippen MR) is 108 cm³/mol. The van der Waals surface area contributed by atoms with E-state index in [-0.39, 0.29) is 24.4 Å². The van der Waals surface area contributed by atoms with Crippen molar-refractivity contribution in [2.75, 3.05) is 18.1 Å².